The van der Waals surface area contributed by atoms with Gasteiger partial charge in [0.1, 0.15) is 0 Å². The zero-order chi connectivity index (χ0) is 19.8. The zero-order valence-corrected chi connectivity index (χ0v) is 20.5. The van der Waals surface area contributed by atoms with E-state index in [9.17, 15) is 0 Å². The molecule has 26 heavy (non-hydrogen) atoms. The minimum Gasteiger partial charge on any atom is -0.374 e. The van der Waals surface area contributed by atoms with E-state index >= 15 is 0 Å². The van der Waals surface area contributed by atoms with E-state index in [0.29, 0.717) is 25.6 Å². The Morgan fingerprint density at radius 1 is 0.692 bits per heavy atom. The summed E-state index contributed by atoms with van der Waals surface area (Å²) in [6.45, 7) is 8.10. The van der Waals surface area contributed by atoms with Gasteiger partial charge in [-0.3, -0.25) is 9.80 Å². The molecule has 0 heterocycles. The molecule has 0 bridgehead atoms. The molecule has 0 rings (SSSR count). The standard InChI is InChI=1S/C19H44N2O3Si2/c1-8-22-26(23-9-2,24-10-3)18-16-14-12-11-13-15-17-25-19(20(4)5)21(6)7/h19H,8-18H2,1-7H3. The monoisotopic (exact) mass is 404 g/mol. The van der Waals surface area contributed by atoms with Crippen molar-refractivity contribution >= 4 is 18.3 Å². The van der Waals surface area contributed by atoms with Gasteiger partial charge in [-0.05, 0) is 55.4 Å². The van der Waals surface area contributed by atoms with Crippen molar-refractivity contribution in [2.24, 2.45) is 0 Å². The maximum Gasteiger partial charge on any atom is 0.500 e. The van der Waals surface area contributed by atoms with Crippen molar-refractivity contribution in [3.05, 3.63) is 0 Å². The Morgan fingerprint density at radius 3 is 1.54 bits per heavy atom. The molecule has 0 atom stereocenters. The Balaban J connectivity index is 3.84. The van der Waals surface area contributed by atoms with Crippen LogP contribution in [0.4, 0.5) is 0 Å². The maximum atomic E-state index is 5.92. The van der Waals surface area contributed by atoms with Gasteiger partial charge in [0.15, 0.2) is 0 Å². The molecule has 0 amide bonds. The molecule has 0 spiro atoms. The van der Waals surface area contributed by atoms with Crippen LogP contribution >= 0.6 is 0 Å². The van der Waals surface area contributed by atoms with Crippen LogP contribution in [0, 0.1) is 0 Å². The van der Waals surface area contributed by atoms with Gasteiger partial charge in [-0.15, -0.1) is 0 Å². The minimum atomic E-state index is -2.42. The lowest BCUT2D eigenvalue weighted by Crippen LogP contribution is -2.45. The Morgan fingerprint density at radius 2 is 1.12 bits per heavy atom. The lowest BCUT2D eigenvalue weighted by atomic mass is 10.1. The van der Waals surface area contributed by atoms with E-state index in [-0.39, 0.29) is 0 Å². The van der Waals surface area contributed by atoms with Crippen LogP contribution in [0.15, 0.2) is 0 Å². The van der Waals surface area contributed by atoms with Crippen LogP contribution in [-0.4, -0.2) is 81.9 Å². The van der Waals surface area contributed by atoms with E-state index in [2.05, 4.69) is 38.0 Å². The maximum absolute atomic E-state index is 5.92. The molecule has 156 valence electrons. The highest BCUT2D eigenvalue weighted by atomic mass is 28.4. The highest BCUT2D eigenvalue weighted by molar-refractivity contribution is 6.60. The van der Waals surface area contributed by atoms with E-state index in [4.69, 9.17) is 13.3 Å². The topological polar surface area (TPSA) is 34.2 Å². The lowest BCUT2D eigenvalue weighted by molar-refractivity contribution is 0.0706. The van der Waals surface area contributed by atoms with Gasteiger partial charge in [0.25, 0.3) is 0 Å². The SMILES string of the molecule is CCO[Si](CCCCCCCC[Si]C(N(C)C)N(C)C)(OCC)OCC. The van der Waals surface area contributed by atoms with E-state index in [1.54, 1.807) is 0 Å². The molecule has 5 nitrogen and oxygen atoms in total. The first-order chi connectivity index (χ1) is 12.4. The molecule has 0 aliphatic rings. The van der Waals surface area contributed by atoms with Gasteiger partial charge in [-0.2, -0.15) is 0 Å². The summed E-state index contributed by atoms with van der Waals surface area (Å²) in [6, 6.07) is 2.30. The molecule has 0 aliphatic carbocycles. The van der Waals surface area contributed by atoms with Gasteiger partial charge in [0.05, 0.1) is 9.52 Å². The molecule has 7 heteroatoms. The van der Waals surface area contributed by atoms with Gasteiger partial charge in [-0.1, -0.05) is 38.1 Å². The highest BCUT2D eigenvalue weighted by Gasteiger charge is 2.39. The molecular weight excluding hydrogens is 360 g/mol. The van der Waals surface area contributed by atoms with E-state index in [0.717, 1.165) is 22.0 Å². The fraction of sp³-hybridized carbons (Fsp3) is 1.00. The van der Waals surface area contributed by atoms with Crippen molar-refractivity contribution in [2.75, 3.05) is 48.0 Å². The number of unbranched alkanes of at least 4 members (excludes halogenated alkanes) is 5. The number of hydrogen-bond donors (Lipinski definition) is 0. The van der Waals surface area contributed by atoms with Gasteiger partial charge < -0.3 is 13.3 Å². The van der Waals surface area contributed by atoms with Crippen LogP contribution < -0.4 is 0 Å². The second kappa shape index (κ2) is 16.2. The predicted molar refractivity (Wildman–Crippen MR) is 115 cm³/mol. The molecule has 0 saturated carbocycles. The zero-order valence-electron chi connectivity index (χ0n) is 18.5. The predicted octanol–water partition coefficient (Wildman–Crippen LogP) is 3.90. The van der Waals surface area contributed by atoms with Gasteiger partial charge in [0, 0.05) is 31.7 Å². The van der Waals surface area contributed by atoms with Gasteiger partial charge >= 0.3 is 8.80 Å². The van der Waals surface area contributed by atoms with E-state index < -0.39 is 8.80 Å². The van der Waals surface area contributed by atoms with Crippen molar-refractivity contribution in [1.29, 1.82) is 0 Å². The Hall–Kier alpha value is 0.234. The van der Waals surface area contributed by atoms with Crippen molar-refractivity contribution in [2.45, 2.75) is 77.2 Å². The van der Waals surface area contributed by atoms with Gasteiger partial charge in [0.2, 0.25) is 0 Å². The minimum absolute atomic E-state index is 0.587. The molecular formula is C19H44N2O3Si2. The van der Waals surface area contributed by atoms with Crippen LogP contribution in [0.2, 0.25) is 12.1 Å². The summed E-state index contributed by atoms with van der Waals surface area (Å²) in [7, 11) is 7.27. The van der Waals surface area contributed by atoms with Crippen LogP contribution in [0.25, 0.3) is 0 Å². The quantitative estimate of drug-likeness (QED) is 0.197. The molecule has 0 aromatic heterocycles. The third-order valence-corrected chi connectivity index (χ3v) is 9.50. The first kappa shape index (κ1) is 26.2. The van der Waals surface area contributed by atoms with Crippen molar-refractivity contribution in [1.82, 2.24) is 9.80 Å². The smallest absolute Gasteiger partial charge is 0.374 e. The Kier molecular flexibility index (Phi) is 16.4. The molecule has 0 unspecified atom stereocenters. The van der Waals surface area contributed by atoms with Crippen LogP contribution in [0.5, 0.6) is 0 Å². The molecule has 0 saturated heterocycles. The third-order valence-electron chi connectivity index (χ3n) is 4.31. The first-order valence-corrected chi connectivity index (χ1v) is 13.6. The average Bonchev–Trinajstić information content (AvgIpc) is 2.56. The van der Waals surface area contributed by atoms with E-state index in [1.165, 1.54) is 38.1 Å². The second-order valence-electron chi connectivity index (χ2n) is 7.11. The summed E-state index contributed by atoms with van der Waals surface area (Å²) in [5.74, 6) is 0.587. The molecule has 0 aromatic carbocycles. The number of hydrogen-bond acceptors (Lipinski definition) is 5. The summed E-state index contributed by atoms with van der Waals surface area (Å²) in [5, 5.41) is 0. The average molecular weight is 405 g/mol. The Bertz CT molecular complexity index is 296. The van der Waals surface area contributed by atoms with Gasteiger partial charge in [-0.25, -0.2) is 0 Å². The normalized spacial score (nSPS) is 12.7. The highest BCUT2D eigenvalue weighted by Crippen LogP contribution is 2.20. The van der Waals surface area contributed by atoms with E-state index in [1.807, 2.05) is 20.8 Å². The number of nitrogens with zero attached hydrogens (tertiary/aromatic N) is 2. The summed E-state index contributed by atoms with van der Waals surface area (Å²) < 4.78 is 17.8. The first-order valence-electron chi connectivity index (χ1n) is 10.4. The van der Waals surface area contributed by atoms with Crippen molar-refractivity contribution in [3.8, 4) is 0 Å². The van der Waals surface area contributed by atoms with Crippen molar-refractivity contribution < 1.29 is 13.3 Å². The summed E-state index contributed by atoms with van der Waals surface area (Å²) in [6.07, 6.45) is 7.76. The molecule has 0 N–H and O–H groups in total. The lowest BCUT2D eigenvalue weighted by Gasteiger charge is -2.30. The fourth-order valence-electron chi connectivity index (χ4n) is 3.23. The van der Waals surface area contributed by atoms with Crippen LogP contribution in [-0.2, 0) is 13.3 Å². The molecule has 0 fully saturated rings. The fourth-order valence-corrected chi connectivity index (χ4v) is 7.36. The third kappa shape index (κ3) is 11.8. The Labute approximate surface area is 166 Å². The van der Waals surface area contributed by atoms with Crippen molar-refractivity contribution in [3.63, 3.8) is 0 Å². The summed E-state index contributed by atoms with van der Waals surface area (Å²) >= 11 is 0. The van der Waals surface area contributed by atoms with Crippen LogP contribution in [0.1, 0.15) is 59.3 Å². The van der Waals surface area contributed by atoms with Crippen LogP contribution in [0.3, 0.4) is 0 Å². The molecule has 0 aliphatic heterocycles. The molecule has 2 radical (unpaired) electrons. The second-order valence-corrected chi connectivity index (χ2v) is 11.3. The summed E-state index contributed by atoms with van der Waals surface area (Å²) in [4.78, 5) is 4.65. The number of rotatable bonds is 18. The summed E-state index contributed by atoms with van der Waals surface area (Å²) in [5.41, 5.74) is 0. The largest absolute Gasteiger partial charge is 0.500 e. The molecule has 0 aromatic rings.